The summed E-state index contributed by atoms with van der Waals surface area (Å²) in [7, 11) is 4.23. The first kappa shape index (κ1) is 32.7. The summed E-state index contributed by atoms with van der Waals surface area (Å²) in [5, 5.41) is 8.76. The van der Waals surface area contributed by atoms with E-state index < -0.39 is 0 Å². The van der Waals surface area contributed by atoms with Gasteiger partial charge in [-0.05, 0) is 19.3 Å². The maximum absolute atomic E-state index is 8.76. The van der Waals surface area contributed by atoms with Crippen LogP contribution >= 0.6 is 21.6 Å². The van der Waals surface area contributed by atoms with Crippen LogP contribution in [0.1, 0.15) is 167 Å². The van der Waals surface area contributed by atoms with E-state index in [0.717, 1.165) is 6.42 Å². The van der Waals surface area contributed by atoms with Gasteiger partial charge in [0.25, 0.3) is 0 Å². The molecule has 0 aromatic carbocycles. The smallest absolute Gasteiger partial charge is 0.0431 e. The van der Waals surface area contributed by atoms with Crippen LogP contribution in [0.25, 0.3) is 0 Å². The van der Waals surface area contributed by atoms with Crippen molar-refractivity contribution in [3.8, 4) is 0 Å². The summed E-state index contributed by atoms with van der Waals surface area (Å²) in [6, 6.07) is 0. The van der Waals surface area contributed by atoms with Crippen molar-refractivity contribution in [2.45, 2.75) is 167 Å². The Balaban J connectivity index is 2.98. The van der Waals surface area contributed by atoms with Crippen molar-refractivity contribution in [1.82, 2.24) is 0 Å². The Labute approximate surface area is 211 Å². The summed E-state index contributed by atoms with van der Waals surface area (Å²) in [4.78, 5) is 0. The van der Waals surface area contributed by atoms with Crippen LogP contribution in [0.15, 0.2) is 0 Å². The summed E-state index contributed by atoms with van der Waals surface area (Å²) in [6.45, 7) is 2.67. The molecular weight excluding hydrogens is 428 g/mol. The van der Waals surface area contributed by atoms with Gasteiger partial charge in [0.2, 0.25) is 0 Å². The first-order valence-electron chi connectivity index (χ1n) is 14.8. The third kappa shape index (κ3) is 30.7. The number of hydrogen-bond donors (Lipinski definition) is 1. The second-order valence-electron chi connectivity index (χ2n) is 9.85. The predicted octanol–water partition coefficient (Wildman–Crippen LogP) is 11.1. The zero-order valence-corrected chi connectivity index (χ0v) is 23.7. The van der Waals surface area contributed by atoms with Gasteiger partial charge < -0.3 is 5.11 Å². The fraction of sp³-hybridized carbons (Fsp3) is 1.00. The van der Waals surface area contributed by atoms with Crippen LogP contribution in [0.3, 0.4) is 0 Å². The molecule has 0 amide bonds. The minimum atomic E-state index is 0.370. The van der Waals surface area contributed by atoms with E-state index in [1.807, 2.05) is 0 Å². The van der Waals surface area contributed by atoms with E-state index in [1.54, 1.807) is 0 Å². The average molecular weight is 489 g/mol. The molecule has 1 nitrogen and oxygen atoms in total. The summed E-state index contributed by atoms with van der Waals surface area (Å²) >= 11 is 0. The van der Waals surface area contributed by atoms with Gasteiger partial charge in [0.05, 0.1) is 0 Å². The van der Waals surface area contributed by atoms with Gasteiger partial charge in [0.1, 0.15) is 0 Å². The standard InChI is InChI=1S/C29H60OS2/c1-2-3-4-5-6-7-8-9-10-11-12-13-16-19-22-25-28-31-32-29-26-23-20-17-14-15-18-21-24-27-30/h30H,2-29H2,1H3. The first-order valence-corrected chi connectivity index (χ1v) is 17.3. The molecule has 0 radical (unpaired) electrons. The zero-order valence-electron chi connectivity index (χ0n) is 22.1. The van der Waals surface area contributed by atoms with Crippen molar-refractivity contribution in [1.29, 1.82) is 0 Å². The second kappa shape index (κ2) is 31.7. The molecule has 0 saturated carbocycles. The van der Waals surface area contributed by atoms with Crippen molar-refractivity contribution in [2.24, 2.45) is 0 Å². The van der Waals surface area contributed by atoms with E-state index in [2.05, 4.69) is 28.5 Å². The van der Waals surface area contributed by atoms with Gasteiger partial charge in [0.15, 0.2) is 0 Å². The molecule has 0 unspecified atom stereocenters. The molecule has 194 valence electrons. The van der Waals surface area contributed by atoms with Crippen molar-refractivity contribution >= 4 is 21.6 Å². The molecule has 0 fully saturated rings. The van der Waals surface area contributed by atoms with Crippen LogP contribution < -0.4 is 0 Å². The summed E-state index contributed by atoms with van der Waals surface area (Å²) in [5.41, 5.74) is 0. The summed E-state index contributed by atoms with van der Waals surface area (Å²) < 4.78 is 0. The largest absolute Gasteiger partial charge is 0.396 e. The topological polar surface area (TPSA) is 20.2 Å². The Kier molecular flexibility index (Phi) is 32.3. The lowest BCUT2D eigenvalue weighted by Crippen LogP contribution is -1.85. The van der Waals surface area contributed by atoms with Gasteiger partial charge in [0, 0.05) is 18.1 Å². The van der Waals surface area contributed by atoms with Gasteiger partial charge >= 0.3 is 0 Å². The number of unbranched alkanes of at least 4 members (excludes halogenated alkanes) is 23. The highest BCUT2D eigenvalue weighted by Crippen LogP contribution is 2.25. The van der Waals surface area contributed by atoms with Crippen LogP contribution in [0, 0.1) is 0 Å². The molecule has 0 rings (SSSR count). The van der Waals surface area contributed by atoms with Crippen LogP contribution in [0.2, 0.25) is 0 Å². The monoisotopic (exact) mass is 488 g/mol. The predicted molar refractivity (Wildman–Crippen MR) is 153 cm³/mol. The van der Waals surface area contributed by atoms with E-state index in [-0.39, 0.29) is 0 Å². The molecule has 0 aliphatic carbocycles. The van der Waals surface area contributed by atoms with Gasteiger partial charge in [-0.25, -0.2) is 0 Å². The van der Waals surface area contributed by atoms with Gasteiger partial charge in [-0.1, -0.05) is 170 Å². The van der Waals surface area contributed by atoms with Gasteiger partial charge in [-0.3, -0.25) is 0 Å². The minimum absolute atomic E-state index is 0.370. The van der Waals surface area contributed by atoms with Crippen molar-refractivity contribution in [2.75, 3.05) is 18.1 Å². The van der Waals surface area contributed by atoms with Crippen molar-refractivity contribution < 1.29 is 5.11 Å². The molecule has 0 aliphatic rings. The molecule has 3 heteroatoms. The number of aliphatic hydroxyl groups excluding tert-OH is 1. The molecular formula is C29H60OS2. The Bertz CT molecular complexity index is 282. The molecule has 0 heterocycles. The SMILES string of the molecule is CCCCCCCCCCCCCCCCCCSSCCCCCCCCCCCO. The Hall–Kier alpha value is 0.660. The molecule has 0 spiro atoms. The van der Waals surface area contributed by atoms with Crippen molar-refractivity contribution in [3.05, 3.63) is 0 Å². The Morgan fingerprint density at radius 2 is 0.594 bits per heavy atom. The van der Waals surface area contributed by atoms with E-state index in [4.69, 9.17) is 5.11 Å². The maximum Gasteiger partial charge on any atom is 0.0431 e. The molecule has 0 aromatic rings. The summed E-state index contributed by atoms with van der Waals surface area (Å²) in [5.74, 6) is 2.71. The van der Waals surface area contributed by atoms with E-state index >= 15 is 0 Å². The van der Waals surface area contributed by atoms with Crippen LogP contribution in [0.4, 0.5) is 0 Å². The lowest BCUT2D eigenvalue weighted by Gasteiger charge is -2.04. The van der Waals surface area contributed by atoms with Crippen LogP contribution in [-0.2, 0) is 0 Å². The normalized spacial score (nSPS) is 11.4. The number of aliphatic hydroxyl groups is 1. The molecule has 0 bridgehead atoms. The average Bonchev–Trinajstić information content (AvgIpc) is 2.81. The molecule has 0 aromatic heterocycles. The number of hydrogen-bond acceptors (Lipinski definition) is 3. The fourth-order valence-corrected chi connectivity index (χ4v) is 6.63. The molecule has 0 saturated heterocycles. The highest BCUT2D eigenvalue weighted by atomic mass is 33.1. The highest BCUT2D eigenvalue weighted by Gasteiger charge is 1.97. The zero-order chi connectivity index (χ0) is 23.2. The van der Waals surface area contributed by atoms with Crippen molar-refractivity contribution in [3.63, 3.8) is 0 Å². The van der Waals surface area contributed by atoms with Gasteiger partial charge in [-0.2, -0.15) is 0 Å². The maximum atomic E-state index is 8.76. The molecule has 1 N–H and O–H groups in total. The minimum Gasteiger partial charge on any atom is -0.396 e. The van der Waals surface area contributed by atoms with Gasteiger partial charge in [-0.15, -0.1) is 0 Å². The molecule has 0 aliphatic heterocycles. The van der Waals surface area contributed by atoms with E-state index in [9.17, 15) is 0 Å². The lowest BCUT2D eigenvalue weighted by atomic mass is 10.0. The van der Waals surface area contributed by atoms with Crippen LogP contribution in [0.5, 0.6) is 0 Å². The Morgan fingerprint density at radius 3 is 0.875 bits per heavy atom. The fourth-order valence-electron chi connectivity index (χ4n) is 4.34. The third-order valence-electron chi connectivity index (χ3n) is 6.55. The lowest BCUT2D eigenvalue weighted by molar-refractivity contribution is 0.282. The number of rotatable bonds is 29. The van der Waals surface area contributed by atoms with E-state index in [1.165, 1.54) is 166 Å². The Morgan fingerprint density at radius 1 is 0.344 bits per heavy atom. The second-order valence-corrected chi connectivity index (χ2v) is 12.6. The summed E-state index contributed by atoms with van der Waals surface area (Å²) in [6.07, 6.45) is 35.3. The quantitative estimate of drug-likeness (QED) is 0.0834. The van der Waals surface area contributed by atoms with E-state index in [0.29, 0.717) is 6.61 Å². The first-order chi connectivity index (χ1) is 15.9. The third-order valence-corrected chi connectivity index (χ3v) is 9.13. The molecule has 0 atom stereocenters. The van der Waals surface area contributed by atoms with Crippen LogP contribution in [-0.4, -0.2) is 23.2 Å². The highest BCUT2D eigenvalue weighted by molar-refractivity contribution is 8.76. The molecule has 32 heavy (non-hydrogen) atoms.